The van der Waals surface area contributed by atoms with E-state index in [0.29, 0.717) is 6.04 Å². The van der Waals surface area contributed by atoms with E-state index >= 15 is 0 Å². The highest BCUT2D eigenvalue weighted by molar-refractivity contribution is 7.11. The molecule has 27 heavy (non-hydrogen) atoms. The van der Waals surface area contributed by atoms with Gasteiger partial charge < -0.3 is 9.80 Å². The minimum Gasteiger partial charge on any atom is -0.369 e. The van der Waals surface area contributed by atoms with Gasteiger partial charge in [-0.25, -0.2) is 4.98 Å². The maximum absolute atomic E-state index is 12.9. The monoisotopic (exact) mass is 384 g/mol. The number of piperidine rings is 1. The second-order valence-corrected chi connectivity index (χ2v) is 8.48. The first-order chi connectivity index (χ1) is 13.1. The Morgan fingerprint density at radius 3 is 2.59 bits per heavy atom. The molecule has 2 aromatic rings. The summed E-state index contributed by atoms with van der Waals surface area (Å²) in [6, 6.07) is 9.13. The van der Waals surface area contributed by atoms with Gasteiger partial charge in [0.15, 0.2) is 0 Å². The predicted molar refractivity (Wildman–Crippen MR) is 111 cm³/mol. The van der Waals surface area contributed by atoms with Crippen LogP contribution < -0.4 is 4.90 Å². The van der Waals surface area contributed by atoms with Crippen molar-refractivity contribution < 1.29 is 4.79 Å². The summed E-state index contributed by atoms with van der Waals surface area (Å²) in [5.74, 6) is 0.165. The molecule has 5 nitrogen and oxygen atoms in total. The van der Waals surface area contributed by atoms with Crippen LogP contribution in [0.25, 0.3) is 0 Å². The maximum atomic E-state index is 12.9. The summed E-state index contributed by atoms with van der Waals surface area (Å²) in [7, 11) is 0. The Morgan fingerprint density at radius 2 is 1.89 bits per heavy atom. The van der Waals surface area contributed by atoms with E-state index in [0.717, 1.165) is 56.3 Å². The number of nitrogens with zero attached hydrogens (tertiary/aromatic N) is 4. The van der Waals surface area contributed by atoms with Crippen LogP contribution in [0.5, 0.6) is 0 Å². The van der Waals surface area contributed by atoms with Gasteiger partial charge in [-0.05, 0) is 38.3 Å². The molecular formula is C21H28N4OS. The largest absolute Gasteiger partial charge is 0.369 e. The fourth-order valence-electron chi connectivity index (χ4n) is 4.33. The third-order valence-electron chi connectivity index (χ3n) is 5.91. The summed E-state index contributed by atoms with van der Waals surface area (Å²) in [5, 5.41) is 0. The quantitative estimate of drug-likeness (QED) is 0.815. The molecule has 0 bridgehead atoms. The summed E-state index contributed by atoms with van der Waals surface area (Å²) in [6.45, 7) is 10.1. The number of carbonyl (C=O) groups is 1. The van der Waals surface area contributed by atoms with E-state index in [-0.39, 0.29) is 5.91 Å². The molecular weight excluding hydrogens is 356 g/mol. The number of hydrogen-bond acceptors (Lipinski definition) is 5. The van der Waals surface area contributed by atoms with Gasteiger partial charge in [0.1, 0.15) is 4.88 Å². The number of anilines is 1. The van der Waals surface area contributed by atoms with Gasteiger partial charge in [0.25, 0.3) is 5.91 Å². The molecule has 1 aromatic carbocycles. The Kier molecular flexibility index (Phi) is 5.45. The van der Waals surface area contributed by atoms with E-state index in [1.54, 1.807) is 5.51 Å². The Bertz CT molecular complexity index is 797. The van der Waals surface area contributed by atoms with Gasteiger partial charge in [0.05, 0.1) is 11.2 Å². The lowest BCUT2D eigenvalue weighted by atomic mass is 10.0. The number of likely N-dealkylation sites (tertiary alicyclic amines) is 1. The second-order valence-electron chi connectivity index (χ2n) is 7.62. The third kappa shape index (κ3) is 3.87. The van der Waals surface area contributed by atoms with Gasteiger partial charge in [-0.2, -0.15) is 0 Å². The molecule has 1 aromatic heterocycles. The van der Waals surface area contributed by atoms with Crippen molar-refractivity contribution in [3.05, 3.63) is 45.9 Å². The number of thiazole rings is 1. The summed E-state index contributed by atoms with van der Waals surface area (Å²) < 4.78 is 0. The molecule has 2 aliphatic heterocycles. The minimum absolute atomic E-state index is 0.165. The van der Waals surface area contributed by atoms with E-state index in [1.165, 1.54) is 29.0 Å². The highest BCUT2D eigenvalue weighted by atomic mass is 32.1. The number of rotatable bonds is 3. The van der Waals surface area contributed by atoms with Crippen LogP contribution in [0.4, 0.5) is 5.69 Å². The van der Waals surface area contributed by atoms with Crippen molar-refractivity contribution in [2.24, 2.45) is 0 Å². The van der Waals surface area contributed by atoms with Gasteiger partial charge in [-0.15, -0.1) is 11.3 Å². The highest BCUT2D eigenvalue weighted by Crippen LogP contribution is 2.25. The van der Waals surface area contributed by atoms with Gasteiger partial charge >= 0.3 is 0 Å². The van der Waals surface area contributed by atoms with Crippen molar-refractivity contribution in [1.82, 2.24) is 14.8 Å². The molecule has 144 valence electrons. The van der Waals surface area contributed by atoms with Crippen LogP contribution in [-0.2, 0) is 0 Å². The van der Waals surface area contributed by atoms with Crippen molar-refractivity contribution in [2.75, 3.05) is 44.2 Å². The first-order valence-electron chi connectivity index (χ1n) is 9.87. The van der Waals surface area contributed by atoms with Crippen molar-refractivity contribution in [1.29, 1.82) is 0 Å². The van der Waals surface area contributed by atoms with E-state index < -0.39 is 0 Å². The Morgan fingerprint density at radius 1 is 1.11 bits per heavy atom. The molecule has 0 saturated carbocycles. The van der Waals surface area contributed by atoms with E-state index in [1.807, 2.05) is 11.8 Å². The molecule has 6 heteroatoms. The molecule has 3 heterocycles. The predicted octanol–water partition coefficient (Wildman–Crippen LogP) is 3.19. The molecule has 4 rings (SSSR count). The average Bonchev–Trinajstić information content (AvgIpc) is 3.14. The highest BCUT2D eigenvalue weighted by Gasteiger charge is 2.31. The van der Waals surface area contributed by atoms with Crippen LogP contribution in [-0.4, -0.2) is 66.0 Å². The smallest absolute Gasteiger partial charge is 0.265 e. The summed E-state index contributed by atoms with van der Waals surface area (Å²) in [6.07, 6.45) is 2.28. The first kappa shape index (κ1) is 18.4. The summed E-state index contributed by atoms with van der Waals surface area (Å²) in [4.78, 5) is 25.0. The summed E-state index contributed by atoms with van der Waals surface area (Å²) >= 11 is 1.46. The molecule has 0 N–H and O–H groups in total. The number of aryl methyl sites for hydroxylation is 2. The molecule has 0 aliphatic carbocycles. The van der Waals surface area contributed by atoms with Gasteiger partial charge in [0, 0.05) is 51.0 Å². The van der Waals surface area contributed by atoms with Crippen LogP contribution in [0.15, 0.2) is 29.8 Å². The molecule has 0 unspecified atom stereocenters. The molecule has 0 radical (unpaired) electrons. The molecule has 2 fully saturated rings. The Hall–Kier alpha value is -1.92. The van der Waals surface area contributed by atoms with E-state index in [4.69, 9.17) is 0 Å². The normalized spacial score (nSPS) is 21.5. The molecule has 2 aliphatic rings. The van der Waals surface area contributed by atoms with Crippen LogP contribution in [0.1, 0.15) is 33.8 Å². The number of aromatic nitrogens is 1. The zero-order valence-corrected chi connectivity index (χ0v) is 17.0. The van der Waals surface area contributed by atoms with Crippen LogP contribution in [0.2, 0.25) is 0 Å². The van der Waals surface area contributed by atoms with Gasteiger partial charge in [-0.1, -0.05) is 18.2 Å². The van der Waals surface area contributed by atoms with Crippen molar-refractivity contribution in [2.45, 2.75) is 32.7 Å². The van der Waals surface area contributed by atoms with E-state index in [2.05, 4.69) is 46.0 Å². The van der Waals surface area contributed by atoms with Gasteiger partial charge in [0.2, 0.25) is 0 Å². The topological polar surface area (TPSA) is 39.7 Å². The number of hydrogen-bond donors (Lipinski definition) is 0. The number of amides is 1. The zero-order chi connectivity index (χ0) is 18.8. The number of para-hydroxylation sites is 1. The molecule has 0 spiro atoms. The first-order valence-corrected chi connectivity index (χ1v) is 10.8. The van der Waals surface area contributed by atoms with E-state index in [9.17, 15) is 4.79 Å². The molecule has 1 atom stereocenters. The number of piperazine rings is 1. The van der Waals surface area contributed by atoms with Gasteiger partial charge in [-0.3, -0.25) is 9.69 Å². The van der Waals surface area contributed by atoms with Crippen LogP contribution in [0, 0.1) is 13.8 Å². The zero-order valence-electron chi connectivity index (χ0n) is 16.2. The molecule has 1 amide bonds. The number of carbonyl (C=O) groups excluding carboxylic acids is 1. The SMILES string of the molecule is Cc1ccccc1N1CCN([C@@H]2CCCN(C(=O)c3scnc3C)C2)CC1. The van der Waals surface area contributed by atoms with Crippen LogP contribution >= 0.6 is 11.3 Å². The lowest BCUT2D eigenvalue weighted by molar-refractivity contribution is 0.0567. The van der Waals surface area contributed by atoms with Crippen LogP contribution in [0.3, 0.4) is 0 Å². The fraction of sp³-hybridized carbons (Fsp3) is 0.524. The molecule has 2 saturated heterocycles. The minimum atomic E-state index is 0.165. The lowest BCUT2D eigenvalue weighted by Crippen LogP contribution is -2.56. The Balaban J connectivity index is 1.36. The third-order valence-corrected chi connectivity index (χ3v) is 6.83. The Labute approximate surface area is 165 Å². The standard InChI is InChI=1S/C21H28N4OS/c1-16-6-3-4-8-19(16)24-12-10-23(11-13-24)18-7-5-9-25(14-18)21(26)20-17(2)22-15-27-20/h3-4,6,8,15,18H,5,7,9-14H2,1-2H3/t18-/m1/s1. The average molecular weight is 385 g/mol. The second kappa shape index (κ2) is 7.98. The van der Waals surface area contributed by atoms with Crippen molar-refractivity contribution in [3.8, 4) is 0 Å². The number of benzene rings is 1. The lowest BCUT2D eigenvalue weighted by Gasteiger charge is -2.44. The fourth-order valence-corrected chi connectivity index (χ4v) is 5.10. The maximum Gasteiger partial charge on any atom is 0.265 e. The van der Waals surface area contributed by atoms with Crippen molar-refractivity contribution in [3.63, 3.8) is 0 Å². The summed E-state index contributed by atoms with van der Waals surface area (Å²) in [5.41, 5.74) is 5.34. The van der Waals surface area contributed by atoms with Crippen molar-refractivity contribution >= 4 is 22.9 Å².